The van der Waals surface area contributed by atoms with Gasteiger partial charge < -0.3 is 19.9 Å². The molecular weight excluding hydrogens is 320 g/mol. The van der Waals surface area contributed by atoms with Crippen LogP contribution in [0.25, 0.3) is 11.2 Å². The standard InChI is InChI=1S/C17H26N6O2/c1-12(2)25-8-4-6-18-17(24)13-5-3-7-23(9-13)16-14-15(20-10-19-14)21-11-22-16/h10-13H,3-9H2,1-2H3,(H,18,24)(H,19,20,21,22). The molecule has 2 aromatic rings. The molecule has 0 aliphatic carbocycles. The molecule has 0 saturated carbocycles. The number of anilines is 1. The molecule has 1 amide bonds. The largest absolute Gasteiger partial charge is 0.379 e. The predicted molar refractivity (Wildman–Crippen MR) is 95.3 cm³/mol. The zero-order chi connectivity index (χ0) is 17.6. The van der Waals surface area contributed by atoms with E-state index in [9.17, 15) is 4.79 Å². The summed E-state index contributed by atoms with van der Waals surface area (Å²) in [5.41, 5.74) is 1.48. The Morgan fingerprint density at radius 1 is 1.44 bits per heavy atom. The Morgan fingerprint density at radius 3 is 3.16 bits per heavy atom. The molecule has 1 aliphatic heterocycles. The minimum atomic E-state index is -0.0206. The SMILES string of the molecule is CC(C)OCCCNC(=O)C1CCCN(c2ncnc3nc[nH]c23)C1. The van der Waals surface area contributed by atoms with Gasteiger partial charge in [-0.25, -0.2) is 15.0 Å². The van der Waals surface area contributed by atoms with Gasteiger partial charge in [-0.2, -0.15) is 0 Å². The topological polar surface area (TPSA) is 96.0 Å². The van der Waals surface area contributed by atoms with Crippen LogP contribution in [0.1, 0.15) is 33.1 Å². The Kier molecular flexibility index (Phi) is 5.80. The summed E-state index contributed by atoms with van der Waals surface area (Å²) < 4.78 is 5.49. The summed E-state index contributed by atoms with van der Waals surface area (Å²) in [5, 5.41) is 3.03. The fourth-order valence-electron chi connectivity index (χ4n) is 3.12. The third-order valence-corrected chi connectivity index (χ3v) is 4.37. The Morgan fingerprint density at radius 2 is 2.32 bits per heavy atom. The number of aromatic nitrogens is 4. The summed E-state index contributed by atoms with van der Waals surface area (Å²) in [7, 11) is 0. The number of carbonyl (C=O) groups excluding carboxylic acids is 1. The molecule has 8 heteroatoms. The second-order valence-corrected chi connectivity index (χ2v) is 6.65. The smallest absolute Gasteiger partial charge is 0.224 e. The lowest BCUT2D eigenvalue weighted by Gasteiger charge is -2.32. The van der Waals surface area contributed by atoms with Crippen LogP contribution in [0.3, 0.4) is 0 Å². The number of hydrogen-bond donors (Lipinski definition) is 2. The van der Waals surface area contributed by atoms with Gasteiger partial charge in [0.2, 0.25) is 5.91 Å². The van der Waals surface area contributed by atoms with Crippen LogP contribution >= 0.6 is 0 Å². The molecule has 8 nitrogen and oxygen atoms in total. The van der Waals surface area contributed by atoms with Crippen molar-refractivity contribution in [1.82, 2.24) is 25.3 Å². The van der Waals surface area contributed by atoms with Crippen LogP contribution < -0.4 is 10.2 Å². The lowest BCUT2D eigenvalue weighted by Crippen LogP contribution is -2.43. The normalized spacial score (nSPS) is 18.0. The Bertz CT molecular complexity index is 701. The van der Waals surface area contributed by atoms with Gasteiger partial charge in [0.25, 0.3) is 0 Å². The number of aromatic amines is 1. The van der Waals surface area contributed by atoms with Gasteiger partial charge in [0.05, 0.1) is 18.3 Å². The van der Waals surface area contributed by atoms with Gasteiger partial charge in [-0.05, 0) is 33.1 Å². The fraction of sp³-hybridized carbons (Fsp3) is 0.647. The maximum absolute atomic E-state index is 12.5. The molecule has 0 radical (unpaired) electrons. The molecule has 3 heterocycles. The Labute approximate surface area is 147 Å². The van der Waals surface area contributed by atoms with E-state index in [1.807, 2.05) is 13.8 Å². The highest BCUT2D eigenvalue weighted by molar-refractivity contribution is 5.84. The molecule has 1 aliphatic rings. The van der Waals surface area contributed by atoms with E-state index in [4.69, 9.17) is 4.74 Å². The van der Waals surface area contributed by atoms with Crippen LogP contribution in [0.5, 0.6) is 0 Å². The summed E-state index contributed by atoms with van der Waals surface area (Å²) in [6, 6.07) is 0. The van der Waals surface area contributed by atoms with E-state index in [0.717, 1.165) is 37.1 Å². The first-order valence-electron chi connectivity index (χ1n) is 8.93. The maximum Gasteiger partial charge on any atom is 0.224 e. The lowest BCUT2D eigenvalue weighted by molar-refractivity contribution is -0.125. The number of hydrogen-bond acceptors (Lipinski definition) is 6. The second kappa shape index (κ2) is 8.24. The van der Waals surface area contributed by atoms with Crippen LogP contribution in [0.2, 0.25) is 0 Å². The van der Waals surface area contributed by atoms with Crippen molar-refractivity contribution in [3.05, 3.63) is 12.7 Å². The molecule has 0 bridgehead atoms. The minimum absolute atomic E-state index is 0.0206. The zero-order valence-electron chi connectivity index (χ0n) is 14.9. The number of carbonyl (C=O) groups is 1. The molecule has 2 N–H and O–H groups in total. The fourth-order valence-corrected chi connectivity index (χ4v) is 3.12. The molecular formula is C17H26N6O2. The first-order valence-corrected chi connectivity index (χ1v) is 8.93. The molecule has 1 atom stereocenters. The van der Waals surface area contributed by atoms with Gasteiger partial charge in [0, 0.05) is 26.2 Å². The summed E-state index contributed by atoms with van der Waals surface area (Å²) in [5.74, 6) is 0.919. The summed E-state index contributed by atoms with van der Waals surface area (Å²) in [4.78, 5) is 30.4. The van der Waals surface area contributed by atoms with Crippen LogP contribution in [0.15, 0.2) is 12.7 Å². The number of ether oxygens (including phenoxy) is 1. The summed E-state index contributed by atoms with van der Waals surface area (Å²) in [6.07, 6.45) is 6.08. The van der Waals surface area contributed by atoms with E-state index in [1.165, 1.54) is 6.33 Å². The van der Waals surface area contributed by atoms with Crippen LogP contribution in [0, 0.1) is 5.92 Å². The van der Waals surface area contributed by atoms with Crippen molar-refractivity contribution < 1.29 is 9.53 Å². The molecule has 1 saturated heterocycles. The number of amides is 1. The van der Waals surface area contributed by atoms with Crippen molar-refractivity contribution in [2.45, 2.75) is 39.2 Å². The van der Waals surface area contributed by atoms with Crippen molar-refractivity contribution in [3.63, 3.8) is 0 Å². The van der Waals surface area contributed by atoms with Crippen molar-refractivity contribution in [1.29, 1.82) is 0 Å². The highest BCUT2D eigenvalue weighted by atomic mass is 16.5. The van der Waals surface area contributed by atoms with Crippen molar-refractivity contribution in [2.75, 3.05) is 31.1 Å². The van der Waals surface area contributed by atoms with Crippen molar-refractivity contribution in [2.24, 2.45) is 5.92 Å². The van der Waals surface area contributed by atoms with Crippen molar-refractivity contribution >= 4 is 22.9 Å². The molecule has 3 rings (SSSR count). The molecule has 136 valence electrons. The number of H-pyrrole nitrogens is 1. The van der Waals surface area contributed by atoms with Gasteiger partial charge in [0.15, 0.2) is 11.5 Å². The first kappa shape index (κ1) is 17.6. The predicted octanol–water partition coefficient (Wildman–Crippen LogP) is 1.50. The van der Waals surface area contributed by atoms with Crippen LogP contribution in [-0.4, -0.2) is 58.2 Å². The Hall–Kier alpha value is -2.22. The monoisotopic (exact) mass is 346 g/mol. The number of nitrogens with one attached hydrogen (secondary N) is 2. The maximum atomic E-state index is 12.5. The van der Waals surface area contributed by atoms with Gasteiger partial charge in [-0.15, -0.1) is 0 Å². The second-order valence-electron chi connectivity index (χ2n) is 6.65. The molecule has 1 fully saturated rings. The highest BCUT2D eigenvalue weighted by Crippen LogP contribution is 2.25. The van der Waals surface area contributed by atoms with Gasteiger partial charge >= 0.3 is 0 Å². The van der Waals surface area contributed by atoms with Gasteiger partial charge in [-0.1, -0.05) is 0 Å². The average molecular weight is 346 g/mol. The summed E-state index contributed by atoms with van der Waals surface area (Å²) >= 11 is 0. The van der Waals surface area contributed by atoms with Crippen molar-refractivity contribution in [3.8, 4) is 0 Å². The lowest BCUT2D eigenvalue weighted by atomic mass is 9.97. The number of imidazole rings is 1. The number of nitrogens with zero attached hydrogens (tertiary/aromatic N) is 4. The quantitative estimate of drug-likeness (QED) is 0.738. The minimum Gasteiger partial charge on any atom is -0.379 e. The summed E-state index contributed by atoms with van der Waals surface area (Å²) in [6.45, 7) is 6.91. The molecule has 0 aromatic carbocycles. The van der Waals surface area contributed by atoms with E-state index in [0.29, 0.717) is 25.3 Å². The molecule has 25 heavy (non-hydrogen) atoms. The number of fused-ring (bicyclic) bond motifs is 1. The van der Waals surface area contributed by atoms with E-state index >= 15 is 0 Å². The van der Waals surface area contributed by atoms with E-state index in [-0.39, 0.29) is 17.9 Å². The van der Waals surface area contributed by atoms with Crippen LogP contribution in [-0.2, 0) is 9.53 Å². The average Bonchev–Trinajstić information content (AvgIpc) is 3.10. The van der Waals surface area contributed by atoms with Gasteiger partial charge in [0.1, 0.15) is 11.8 Å². The molecule has 0 spiro atoms. The Balaban J connectivity index is 1.54. The van der Waals surface area contributed by atoms with Crippen LogP contribution in [0.4, 0.5) is 5.82 Å². The molecule has 2 aromatic heterocycles. The third-order valence-electron chi connectivity index (χ3n) is 4.37. The molecule has 1 unspecified atom stereocenters. The highest BCUT2D eigenvalue weighted by Gasteiger charge is 2.27. The third kappa shape index (κ3) is 4.45. The van der Waals surface area contributed by atoms with E-state index in [1.54, 1.807) is 6.33 Å². The zero-order valence-corrected chi connectivity index (χ0v) is 14.9. The van der Waals surface area contributed by atoms with E-state index < -0.39 is 0 Å². The van der Waals surface area contributed by atoms with E-state index in [2.05, 4.69) is 30.2 Å². The number of rotatable bonds is 7. The van der Waals surface area contributed by atoms with Gasteiger partial charge in [-0.3, -0.25) is 4.79 Å². The number of piperidine rings is 1. The first-order chi connectivity index (χ1) is 12.1.